The maximum absolute atomic E-state index is 13.4. The van der Waals surface area contributed by atoms with Crippen LogP contribution in [0.2, 0.25) is 0 Å². The van der Waals surface area contributed by atoms with E-state index in [2.05, 4.69) is 4.98 Å². The van der Waals surface area contributed by atoms with Crippen molar-refractivity contribution in [1.29, 1.82) is 0 Å². The van der Waals surface area contributed by atoms with Crippen LogP contribution in [0.1, 0.15) is 26.4 Å². The summed E-state index contributed by atoms with van der Waals surface area (Å²) in [5, 5.41) is 1.00. The van der Waals surface area contributed by atoms with Crippen molar-refractivity contribution in [2.24, 2.45) is 0 Å². The summed E-state index contributed by atoms with van der Waals surface area (Å²) < 4.78 is 13.4. The fourth-order valence-corrected chi connectivity index (χ4v) is 3.43. The molecular formula is C21H20FN3O2. The number of amides is 2. The van der Waals surface area contributed by atoms with Crippen LogP contribution in [0.25, 0.3) is 10.9 Å². The summed E-state index contributed by atoms with van der Waals surface area (Å²) >= 11 is 0. The molecule has 1 N–H and O–H groups in total. The van der Waals surface area contributed by atoms with Crippen molar-refractivity contribution in [3.05, 3.63) is 71.2 Å². The highest BCUT2D eigenvalue weighted by atomic mass is 19.1. The summed E-state index contributed by atoms with van der Waals surface area (Å²) in [6.07, 6.45) is 0. The third-order valence-corrected chi connectivity index (χ3v) is 5.02. The molecule has 4 rings (SSSR count). The summed E-state index contributed by atoms with van der Waals surface area (Å²) in [4.78, 5) is 32.0. The van der Waals surface area contributed by atoms with Gasteiger partial charge in [0, 0.05) is 42.6 Å². The number of aryl methyl sites for hydroxylation is 1. The third-order valence-electron chi connectivity index (χ3n) is 5.02. The Morgan fingerprint density at radius 2 is 1.59 bits per heavy atom. The van der Waals surface area contributed by atoms with Crippen molar-refractivity contribution in [3.8, 4) is 0 Å². The molecule has 0 saturated carbocycles. The van der Waals surface area contributed by atoms with Crippen molar-refractivity contribution >= 4 is 22.7 Å². The lowest BCUT2D eigenvalue weighted by Crippen LogP contribution is -2.50. The molecule has 27 heavy (non-hydrogen) atoms. The zero-order chi connectivity index (χ0) is 19.0. The van der Waals surface area contributed by atoms with Crippen molar-refractivity contribution < 1.29 is 14.0 Å². The van der Waals surface area contributed by atoms with Crippen LogP contribution >= 0.6 is 0 Å². The number of aromatic nitrogens is 1. The minimum absolute atomic E-state index is 0.0593. The van der Waals surface area contributed by atoms with Crippen LogP contribution in [0.5, 0.6) is 0 Å². The number of fused-ring (bicyclic) bond motifs is 1. The van der Waals surface area contributed by atoms with Crippen molar-refractivity contribution in [3.63, 3.8) is 0 Å². The number of halogens is 1. The third kappa shape index (κ3) is 3.30. The second kappa shape index (κ2) is 6.87. The highest BCUT2D eigenvalue weighted by molar-refractivity contribution is 5.98. The Bertz CT molecular complexity index is 986. The SMILES string of the molecule is Cc1cc(C(=O)N2CCN(C(=O)c3cc4ccccc4[nH]3)CC2)ccc1F. The summed E-state index contributed by atoms with van der Waals surface area (Å²) in [6, 6.07) is 14.0. The molecule has 0 radical (unpaired) electrons. The van der Waals surface area contributed by atoms with E-state index in [1.165, 1.54) is 12.1 Å². The van der Waals surface area contributed by atoms with Crippen LogP contribution in [0.3, 0.4) is 0 Å². The molecule has 1 saturated heterocycles. The Morgan fingerprint density at radius 1 is 0.926 bits per heavy atom. The van der Waals surface area contributed by atoms with E-state index < -0.39 is 0 Å². The lowest BCUT2D eigenvalue weighted by Gasteiger charge is -2.34. The zero-order valence-electron chi connectivity index (χ0n) is 15.0. The molecule has 1 aliphatic rings. The molecule has 1 fully saturated rings. The summed E-state index contributed by atoms with van der Waals surface area (Å²) in [5.74, 6) is -0.507. The van der Waals surface area contributed by atoms with E-state index in [0.717, 1.165) is 10.9 Å². The Kier molecular flexibility index (Phi) is 4.39. The lowest BCUT2D eigenvalue weighted by atomic mass is 10.1. The Balaban J connectivity index is 1.42. The van der Waals surface area contributed by atoms with Gasteiger partial charge < -0.3 is 14.8 Å². The molecular weight excluding hydrogens is 345 g/mol. The smallest absolute Gasteiger partial charge is 0.270 e. The topological polar surface area (TPSA) is 56.4 Å². The molecule has 1 aromatic heterocycles. The van der Waals surface area contributed by atoms with E-state index in [0.29, 0.717) is 43.0 Å². The first kappa shape index (κ1) is 17.3. The van der Waals surface area contributed by atoms with Gasteiger partial charge in [-0.05, 0) is 42.8 Å². The van der Waals surface area contributed by atoms with Crippen LogP contribution in [-0.4, -0.2) is 52.8 Å². The molecule has 2 heterocycles. The number of carbonyl (C=O) groups excluding carboxylic acids is 2. The minimum atomic E-state index is -0.319. The van der Waals surface area contributed by atoms with Crippen molar-refractivity contribution in [2.45, 2.75) is 6.92 Å². The molecule has 6 heteroatoms. The van der Waals surface area contributed by atoms with Gasteiger partial charge >= 0.3 is 0 Å². The van der Waals surface area contributed by atoms with Gasteiger partial charge in [0.05, 0.1) is 0 Å². The fourth-order valence-electron chi connectivity index (χ4n) is 3.43. The first-order valence-electron chi connectivity index (χ1n) is 8.95. The molecule has 2 aromatic carbocycles. The molecule has 0 bridgehead atoms. The largest absolute Gasteiger partial charge is 0.351 e. The van der Waals surface area contributed by atoms with Gasteiger partial charge in [0.2, 0.25) is 0 Å². The molecule has 0 atom stereocenters. The predicted octanol–water partition coefficient (Wildman–Crippen LogP) is 3.21. The molecule has 0 unspecified atom stereocenters. The lowest BCUT2D eigenvalue weighted by molar-refractivity contribution is 0.0533. The maximum atomic E-state index is 13.4. The molecule has 0 spiro atoms. The Hall–Kier alpha value is -3.15. The highest BCUT2D eigenvalue weighted by Gasteiger charge is 2.26. The van der Waals surface area contributed by atoms with Crippen molar-refractivity contribution in [1.82, 2.24) is 14.8 Å². The number of H-pyrrole nitrogens is 1. The van der Waals surface area contributed by atoms with Gasteiger partial charge in [-0.3, -0.25) is 9.59 Å². The summed E-state index contributed by atoms with van der Waals surface area (Å²) in [6.45, 7) is 3.51. The van der Waals surface area contributed by atoms with Gasteiger partial charge in [-0.2, -0.15) is 0 Å². The summed E-state index contributed by atoms with van der Waals surface area (Å²) in [5.41, 5.74) is 2.42. The van der Waals surface area contributed by atoms with Gasteiger partial charge in [-0.25, -0.2) is 4.39 Å². The molecule has 0 aliphatic carbocycles. The predicted molar refractivity (Wildman–Crippen MR) is 101 cm³/mol. The number of hydrogen-bond acceptors (Lipinski definition) is 2. The molecule has 138 valence electrons. The first-order valence-corrected chi connectivity index (χ1v) is 8.95. The molecule has 2 amide bonds. The van der Waals surface area contributed by atoms with Crippen LogP contribution in [0.15, 0.2) is 48.5 Å². The number of rotatable bonds is 2. The monoisotopic (exact) mass is 365 g/mol. The second-order valence-corrected chi connectivity index (χ2v) is 6.82. The normalized spacial score (nSPS) is 14.6. The maximum Gasteiger partial charge on any atom is 0.270 e. The zero-order valence-corrected chi connectivity index (χ0v) is 15.0. The van der Waals surface area contributed by atoms with Gasteiger partial charge in [0.1, 0.15) is 11.5 Å². The molecule has 5 nitrogen and oxygen atoms in total. The average molecular weight is 365 g/mol. The first-order chi connectivity index (χ1) is 13.0. The minimum Gasteiger partial charge on any atom is -0.351 e. The molecule has 1 aliphatic heterocycles. The van der Waals surface area contributed by atoms with E-state index in [4.69, 9.17) is 0 Å². The average Bonchev–Trinajstić information content (AvgIpc) is 3.13. The van der Waals surface area contributed by atoms with Gasteiger partial charge in [-0.15, -0.1) is 0 Å². The number of carbonyl (C=O) groups is 2. The number of para-hydroxylation sites is 1. The number of piperazine rings is 1. The van der Waals surface area contributed by atoms with Gasteiger partial charge in [0.15, 0.2) is 0 Å². The van der Waals surface area contributed by atoms with E-state index >= 15 is 0 Å². The standard InChI is InChI=1S/C21H20FN3O2/c1-14-12-16(6-7-17(14)22)20(26)24-8-10-25(11-9-24)21(27)19-13-15-4-2-3-5-18(15)23-19/h2-7,12-13,23H,8-11H2,1H3. The van der Waals surface area contributed by atoms with Gasteiger partial charge in [-0.1, -0.05) is 18.2 Å². The van der Waals surface area contributed by atoms with E-state index in [-0.39, 0.29) is 17.6 Å². The van der Waals surface area contributed by atoms with Crippen LogP contribution in [0, 0.1) is 12.7 Å². The summed E-state index contributed by atoms with van der Waals surface area (Å²) in [7, 11) is 0. The van der Waals surface area contributed by atoms with Crippen LogP contribution in [-0.2, 0) is 0 Å². The van der Waals surface area contributed by atoms with Crippen LogP contribution in [0.4, 0.5) is 4.39 Å². The number of aromatic amines is 1. The Labute approximate surface area is 156 Å². The fraction of sp³-hybridized carbons (Fsp3) is 0.238. The van der Waals surface area contributed by atoms with Crippen molar-refractivity contribution in [2.75, 3.05) is 26.2 Å². The highest BCUT2D eigenvalue weighted by Crippen LogP contribution is 2.18. The molecule has 3 aromatic rings. The number of hydrogen-bond donors (Lipinski definition) is 1. The van der Waals surface area contributed by atoms with E-state index in [9.17, 15) is 14.0 Å². The number of benzene rings is 2. The number of nitrogens with zero attached hydrogens (tertiary/aromatic N) is 2. The van der Waals surface area contributed by atoms with E-state index in [1.54, 1.807) is 22.8 Å². The quantitative estimate of drug-likeness (QED) is 0.758. The van der Waals surface area contributed by atoms with E-state index in [1.807, 2.05) is 30.3 Å². The second-order valence-electron chi connectivity index (χ2n) is 6.82. The van der Waals surface area contributed by atoms with Gasteiger partial charge in [0.25, 0.3) is 11.8 Å². The number of nitrogens with one attached hydrogen (secondary N) is 1. The van der Waals surface area contributed by atoms with Crippen LogP contribution < -0.4 is 0 Å². The Morgan fingerprint density at radius 3 is 2.26 bits per heavy atom.